The molecule has 0 unspecified atom stereocenters. The van der Waals surface area contributed by atoms with E-state index in [1.54, 1.807) is 12.1 Å². The summed E-state index contributed by atoms with van der Waals surface area (Å²) in [7, 11) is 0.132. The molecule has 1 aromatic carbocycles. The SMILES string of the molecule is CC(C)C[C@H](CN)NS(=O)(=O)c1cc(N(C)C)ccc1Br. The van der Waals surface area contributed by atoms with Crippen LogP contribution in [0.1, 0.15) is 20.3 Å². The van der Waals surface area contributed by atoms with Gasteiger partial charge < -0.3 is 10.6 Å². The van der Waals surface area contributed by atoms with Crippen molar-refractivity contribution in [2.24, 2.45) is 11.7 Å². The summed E-state index contributed by atoms with van der Waals surface area (Å²) in [6, 6.07) is 4.99. The van der Waals surface area contributed by atoms with Crippen LogP contribution in [0.2, 0.25) is 0 Å². The number of sulfonamides is 1. The highest BCUT2D eigenvalue weighted by Gasteiger charge is 2.23. The summed E-state index contributed by atoms with van der Waals surface area (Å²) >= 11 is 3.31. The Morgan fingerprint density at radius 1 is 1.33 bits per heavy atom. The molecule has 0 saturated heterocycles. The van der Waals surface area contributed by atoms with Gasteiger partial charge in [-0.2, -0.15) is 0 Å². The van der Waals surface area contributed by atoms with Crippen LogP contribution in [-0.4, -0.2) is 35.1 Å². The van der Waals surface area contributed by atoms with Gasteiger partial charge in [0.15, 0.2) is 0 Å². The maximum absolute atomic E-state index is 12.6. The molecule has 0 aliphatic heterocycles. The molecule has 0 aromatic heterocycles. The third-order valence-corrected chi connectivity index (χ3v) is 5.60. The molecule has 1 atom stereocenters. The van der Waals surface area contributed by atoms with E-state index in [-0.39, 0.29) is 17.5 Å². The van der Waals surface area contributed by atoms with Gasteiger partial charge in [-0.25, -0.2) is 13.1 Å². The highest BCUT2D eigenvalue weighted by molar-refractivity contribution is 9.10. The van der Waals surface area contributed by atoms with E-state index in [4.69, 9.17) is 5.73 Å². The summed E-state index contributed by atoms with van der Waals surface area (Å²) in [6.45, 7) is 4.36. The molecule has 1 aromatic rings. The fourth-order valence-corrected chi connectivity index (χ4v) is 4.27. The summed E-state index contributed by atoms with van der Waals surface area (Å²) in [5, 5.41) is 0. The number of anilines is 1. The van der Waals surface area contributed by atoms with Crippen LogP contribution in [0.3, 0.4) is 0 Å². The van der Waals surface area contributed by atoms with Crippen molar-refractivity contribution in [2.75, 3.05) is 25.5 Å². The van der Waals surface area contributed by atoms with Crippen LogP contribution in [0.4, 0.5) is 5.69 Å². The van der Waals surface area contributed by atoms with Crippen molar-refractivity contribution in [1.29, 1.82) is 0 Å². The normalized spacial score (nSPS) is 13.5. The first kappa shape index (κ1) is 18.4. The Hall–Kier alpha value is -0.630. The van der Waals surface area contributed by atoms with Gasteiger partial charge in [-0.15, -0.1) is 0 Å². The maximum Gasteiger partial charge on any atom is 0.242 e. The van der Waals surface area contributed by atoms with Crippen LogP contribution in [-0.2, 0) is 10.0 Å². The lowest BCUT2D eigenvalue weighted by atomic mass is 10.1. The molecule has 120 valence electrons. The first-order chi connectivity index (χ1) is 9.67. The van der Waals surface area contributed by atoms with Crippen molar-refractivity contribution < 1.29 is 8.42 Å². The van der Waals surface area contributed by atoms with E-state index in [9.17, 15) is 8.42 Å². The Balaban J connectivity index is 3.09. The monoisotopic (exact) mass is 377 g/mol. The van der Waals surface area contributed by atoms with Gasteiger partial charge in [-0.05, 0) is 46.5 Å². The zero-order valence-corrected chi connectivity index (χ0v) is 15.3. The van der Waals surface area contributed by atoms with E-state index < -0.39 is 10.0 Å². The number of nitrogens with two attached hydrogens (primary N) is 1. The Kier molecular flexibility index (Phi) is 6.65. The Bertz CT molecular complexity index is 574. The summed E-state index contributed by atoms with van der Waals surface area (Å²) in [5.41, 5.74) is 6.50. The Morgan fingerprint density at radius 3 is 2.43 bits per heavy atom. The molecule has 21 heavy (non-hydrogen) atoms. The van der Waals surface area contributed by atoms with Gasteiger partial charge in [0.1, 0.15) is 0 Å². The molecule has 0 aliphatic rings. The maximum atomic E-state index is 12.6. The number of halogens is 1. The van der Waals surface area contributed by atoms with E-state index in [1.807, 2.05) is 38.9 Å². The molecule has 0 heterocycles. The number of nitrogens with one attached hydrogen (secondary N) is 1. The smallest absolute Gasteiger partial charge is 0.242 e. The fraction of sp³-hybridized carbons (Fsp3) is 0.571. The van der Waals surface area contributed by atoms with Gasteiger partial charge in [0.2, 0.25) is 10.0 Å². The van der Waals surface area contributed by atoms with Gasteiger partial charge in [-0.3, -0.25) is 0 Å². The quantitative estimate of drug-likeness (QED) is 0.763. The zero-order chi connectivity index (χ0) is 16.2. The van der Waals surface area contributed by atoms with Crippen LogP contribution >= 0.6 is 15.9 Å². The minimum Gasteiger partial charge on any atom is -0.378 e. The number of benzene rings is 1. The molecule has 0 aliphatic carbocycles. The molecule has 3 N–H and O–H groups in total. The predicted octanol–water partition coefficient (Wildman–Crippen LogP) is 2.17. The molecule has 0 amide bonds. The topological polar surface area (TPSA) is 75.4 Å². The molecule has 0 fully saturated rings. The van der Waals surface area contributed by atoms with Crippen LogP contribution in [0.25, 0.3) is 0 Å². The molecule has 0 spiro atoms. The molecule has 0 radical (unpaired) electrons. The highest BCUT2D eigenvalue weighted by atomic mass is 79.9. The molecular formula is C14H24BrN3O2S. The second-order valence-electron chi connectivity index (χ2n) is 5.69. The zero-order valence-electron chi connectivity index (χ0n) is 12.9. The molecule has 0 saturated carbocycles. The summed E-state index contributed by atoms with van der Waals surface area (Å²) < 4.78 is 28.4. The van der Waals surface area contributed by atoms with Crippen LogP contribution in [0.5, 0.6) is 0 Å². The number of nitrogens with zero attached hydrogens (tertiary/aromatic N) is 1. The standard InChI is InChI=1S/C14H24BrN3O2S/c1-10(2)7-11(9-16)17-21(19,20)14-8-12(18(3)4)5-6-13(14)15/h5-6,8,10-11,17H,7,9,16H2,1-4H3/t11-/m1/s1. The summed E-state index contributed by atoms with van der Waals surface area (Å²) in [5.74, 6) is 0.373. The molecule has 0 bridgehead atoms. The highest BCUT2D eigenvalue weighted by Crippen LogP contribution is 2.27. The van der Waals surface area contributed by atoms with Crippen molar-refractivity contribution in [3.63, 3.8) is 0 Å². The number of hydrogen-bond donors (Lipinski definition) is 2. The Morgan fingerprint density at radius 2 is 1.95 bits per heavy atom. The van der Waals surface area contributed by atoms with Gasteiger partial charge >= 0.3 is 0 Å². The third-order valence-electron chi connectivity index (χ3n) is 3.08. The van der Waals surface area contributed by atoms with Gasteiger partial charge in [0.25, 0.3) is 0 Å². The lowest BCUT2D eigenvalue weighted by Crippen LogP contribution is -2.41. The average Bonchev–Trinajstić information content (AvgIpc) is 2.36. The second kappa shape index (κ2) is 7.58. The summed E-state index contributed by atoms with van der Waals surface area (Å²) in [6.07, 6.45) is 0.709. The fourth-order valence-electron chi connectivity index (χ4n) is 2.02. The van der Waals surface area contributed by atoms with Crippen molar-refractivity contribution in [3.05, 3.63) is 22.7 Å². The minimum atomic E-state index is -3.61. The minimum absolute atomic E-state index is 0.232. The summed E-state index contributed by atoms with van der Waals surface area (Å²) in [4.78, 5) is 2.09. The van der Waals surface area contributed by atoms with Crippen LogP contribution in [0.15, 0.2) is 27.6 Å². The first-order valence-corrected chi connectivity index (χ1v) is 9.14. The molecule has 5 nitrogen and oxygen atoms in total. The molecular weight excluding hydrogens is 354 g/mol. The van der Waals surface area contributed by atoms with E-state index in [2.05, 4.69) is 20.7 Å². The van der Waals surface area contributed by atoms with Crippen LogP contribution < -0.4 is 15.4 Å². The van der Waals surface area contributed by atoms with E-state index in [1.165, 1.54) is 0 Å². The van der Waals surface area contributed by atoms with Crippen molar-refractivity contribution in [3.8, 4) is 0 Å². The van der Waals surface area contributed by atoms with Gasteiger partial charge in [0, 0.05) is 36.8 Å². The molecule has 1 rings (SSSR count). The number of hydrogen-bond acceptors (Lipinski definition) is 4. The molecule has 7 heteroatoms. The third kappa shape index (κ3) is 5.25. The average molecular weight is 378 g/mol. The Labute approximate surface area is 136 Å². The van der Waals surface area contributed by atoms with Crippen LogP contribution in [0, 0.1) is 5.92 Å². The lowest BCUT2D eigenvalue weighted by molar-refractivity contribution is 0.465. The van der Waals surface area contributed by atoms with Crippen molar-refractivity contribution in [1.82, 2.24) is 4.72 Å². The van der Waals surface area contributed by atoms with Crippen molar-refractivity contribution in [2.45, 2.75) is 31.2 Å². The van der Waals surface area contributed by atoms with E-state index in [0.29, 0.717) is 16.8 Å². The largest absolute Gasteiger partial charge is 0.378 e. The first-order valence-electron chi connectivity index (χ1n) is 6.86. The van der Waals surface area contributed by atoms with Gasteiger partial charge in [-0.1, -0.05) is 13.8 Å². The van der Waals surface area contributed by atoms with E-state index >= 15 is 0 Å². The number of rotatable bonds is 7. The predicted molar refractivity (Wildman–Crippen MR) is 91.1 cm³/mol. The van der Waals surface area contributed by atoms with Gasteiger partial charge in [0.05, 0.1) is 4.90 Å². The second-order valence-corrected chi connectivity index (χ2v) is 8.23. The lowest BCUT2D eigenvalue weighted by Gasteiger charge is -2.20. The van der Waals surface area contributed by atoms with Crippen molar-refractivity contribution >= 4 is 31.6 Å². The van der Waals surface area contributed by atoms with E-state index in [0.717, 1.165) is 5.69 Å².